The van der Waals surface area contributed by atoms with Crippen molar-refractivity contribution in [2.75, 3.05) is 19.6 Å². The van der Waals surface area contributed by atoms with Crippen molar-refractivity contribution in [3.8, 4) is 0 Å². The van der Waals surface area contributed by atoms with Gasteiger partial charge in [-0.2, -0.15) is 0 Å². The average Bonchev–Trinajstić information content (AvgIpc) is 3.20. The summed E-state index contributed by atoms with van der Waals surface area (Å²) in [6.07, 6.45) is 2.07. The third-order valence-corrected chi connectivity index (χ3v) is 7.28. The molecule has 4 aromatic rings. The number of amides is 1. The average molecular weight is 448 g/mol. The number of rotatable bonds is 5. The van der Waals surface area contributed by atoms with Crippen LogP contribution in [0.3, 0.4) is 0 Å². The van der Waals surface area contributed by atoms with Crippen LogP contribution >= 0.6 is 11.3 Å². The van der Waals surface area contributed by atoms with E-state index in [1.165, 1.54) is 23.0 Å². The van der Waals surface area contributed by atoms with E-state index in [9.17, 15) is 9.18 Å². The summed E-state index contributed by atoms with van der Waals surface area (Å²) in [5.41, 5.74) is 3.17. The predicted octanol–water partition coefficient (Wildman–Crippen LogP) is 5.54. The molecule has 0 bridgehead atoms. The number of fused-ring (bicyclic) bond motifs is 2. The van der Waals surface area contributed by atoms with Crippen molar-refractivity contribution in [1.29, 1.82) is 0 Å². The minimum atomic E-state index is -0.181. The van der Waals surface area contributed by atoms with Gasteiger partial charge >= 0.3 is 0 Å². The normalized spacial score (nSPS) is 15.4. The van der Waals surface area contributed by atoms with Crippen molar-refractivity contribution in [1.82, 2.24) is 15.2 Å². The van der Waals surface area contributed by atoms with Crippen LogP contribution in [0.4, 0.5) is 4.39 Å². The number of carbonyl (C=O) groups is 1. The Morgan fingerprint density at radius 2 is 1.97 bits per heavy atom. The number of aromatic nitrogens is 1. The van der Waals surface area contributed by atoms with Crippen LogP contribution in [0.5, 0.6) is 0 Å². The van der Waals surface area contributed by atoms with Crippen molar-refractivity contribution in [2.24, 2.45) is 5.92 Å². The topological polar surface area (TPSA) is 45.2 Å². The van der Waals surface area contributed by atoms with E-state index in [-0.39, 0.29) is 11.7 Å². The standard InChI is InChI=1S/C26H26FN3OS/c1-17-5-6-23-20(11-17)13-21-14-24(32-26(21)29-23)25(31)28-15-18-7-9-30(10-8-18)16-19-3-2-4-22(27)12-19/h2-6,11-14,18H,7-10,15-16H2,1H3,(H,28,31). The van der Waals surface area contributed by atoms with E-state index in [0.717, 1.165) is 59.2 Å². The lowest BCUT2D eigenvalue weighted by atomic mass is 9.96. The molecule has 164 valence electrons. The second-order valence-electron chi connectivity index (χ2n) is 8.75. The van der Waals surface area contributed by atoms with E-state index in [1.807, 2.05) is 18.2 Å². The Morgan fingerprint density at radius 1 is 1.12 bits per heavy atom. The van der Waals surface area contributed by atoms with Crippen LogP contribution in [0, 0.1) is 18.7 Å². The maximum Gasteiger partial charge on any atom is 0.261 e. The Labute approximate surface area is 191 Å². The third-order valence-electron chi connectivity index (χ3n) is 6.23. The molecule has 1 amide bonds. The van der Waals surface area contributed by atoms with Gasteiger partial charge in [-0.3, -0.25) is 9.69 Å². The zero-order chi connectivity index (χ0) is 22.1. The number of likely N-dealkylation sites (tertiary alicyclic amines) is 1. The summed E-state index contributed by atoms with van der Waals surface area (Å²) >= 11 is 1.45. The highest BCUT2D eigenvalue weighted by Crippen LogP contribution is 2.28. The van der Waals surface area contributed by atoms with Crippen molar-refractivity contribution in [3.05, 3.63) is 76.4 Å². The van der Waals surface area contributed by atoms with E-state index < -0.39 is 0 Å². The van der Waals surface area contributed by atoms with Crippen molar-refractivity contribution < 1.29 is 9.18 Å². The lowest BCUT2D eigenvalue weighted by molar-refractivity contribution is 0.0939. The summed E-state index contributed by atoms with van der Waals surface area (Å²) < 4.78 is 13.4. The van der Waals surface area contributed by atoms with Gasteiger partial charge < -0.3 is 5.32 Å². The Kier molecular flexibility index (Phi) is 5.89. The molecule has 1 saturated heterocycles. The summed E-state index contributed by atoms with van der Waals surface area (Å²) in [6, 6.07) is 17.1. The fourth-order valence-corrected chi connectivity index (χ4v) is 5.37. The van der Waals surface area contributed by atoms with Gasteiger partial charge in [0.1, 0.15) is 10.6 Å². The van der Waals surface area contributed by atoms with Crippen LogP contribution in [0.25, 0.3) is 21.1 Å². The van der Waals surface area contributed by atoms with Crippen molar-refractivity contribution >= 4 is 38.4 Å². The van der Waals surface area contributed by atoms with Crippen molar-refractivity contribution in [3.63, 3.8) is 0 Å². The Bertz CT molecular complexity index is 1280. The van der Waals surface area contributed by atoms with Gasteiger partial charge in [0.15, 0.2) is 0 Å². The number of hydrogen-bond acceptors (Lipinski definition) is 4. The fourth-order valence-electron chi connectivity index (χ4n) is 4.43. The van der Waals surface area contributed by atoms with Gasteiger partial charge in [0.25, 0.3) is 5.91 Å². The first-order valence-corrected chi connectivity index (χ1v) is 11.9. The lowest BCUT2D eigenvalue weighted by Crippen LogP contribution is -2.38. The maximum absolute atomic E-state index is 13.4. The molecule has 0 saturated carbocycles. The molecular formula is C26H26FN3OS. The zero-order valence-corrected chi connectivity index (χ0v) is 18.9. The highest BCUT2D eigenvalue weighted by molar-refractivity contribution is 7.20. The predicted molar refractivity (Wildman–Crippen MR) is 129 cm³/mol. The molecule has 0 aliphatic carbocycles. The quantitative estimate of drug-likeness (QED) is 0.437. The first kappa shape index (κ1) is 21.0. The van der Waals surface area contributed by atoms with Gasteiger partial charge in [-0.05, 0) is 80.7 Å². The molecule has 5 rings (SSSR count). The highest BCUT2D eigenvalue weighted by atomic mass is 32.1. The molecule has 0 radical (unpaired) electrons. The number of nitrogens with zero attached hydrogens (tertiary/aromatic N) is 2. The van der Waals surface area contributed by atoms with Gasteiger partial charge in [0.05, 0.1) is 10.4 Å². The summed E-state index contributed by atoms with van der Waals surface area (Å²) in [4.78, 5) is 21.5. The van der Waals surface area contributed by atoms with E-state index in [2.05, 4.69) is 35.3 Å². The Balaban J connectivity index is 1.16. The van der Waals surface area contributed by atoms with Crippen LogP contribution in [0.1, 0.15) is 33.6 Å². The number of halogens is 1. The van der Waals surface area contributed by atoms with Gasteiger partial charge in [-0.15, -0.1) is 11.3 Å². The number of nitrogens with one attached hydrogen (secondary N) is 1. The van der Waals surface area contributed by atoms with Gasteiger partial charge in [0.2, 0.25) is 0 Å². The molecule has 1 aliphatic heterocycles. The smallest absolute Gasteiger partial charge is 0.261 e. The number of aryl methyl sites for hydroxylation is 1. The number of carbonyl (C=O) groups excluding carboxylic acids is 1. The number of pyridine rings is 1. The number of thiophene rings is 1. The Morgan fingerprint density at radius 3 is 2.78 bits per heavy atom. The van der Waals surface area contributed by atoms with Crippen LogP contribution < -0.4 is 5.32 Å². The van der Waals surface area contributed by atoms with Crippen LogP contribution in [0.15, 0.2) is 54.6 Å². The first-order chi connectivity index (χ1) is 15.5. The van der Waals surface area contributed by atoms with Crippen LogP contribution in [0.2, 0.25) is 0 Å². The second kappa shape index (κ2) is 8.96. The number of benzene rings is 2. The third kappa shape index (κ3) is 4.66. The molecule has 1 aliphatic rings. The summed E-state index contributed by atoms with van der Waals surface area (Å²) in [7, 11) is 0. The van der Waals surface area contributed by atoms with Crippen molar-refractivity contribution in [2.45, 2.75) is 26.3 Å². The summed E-state index contributed by atoms with van der Waals surface area (Å²) in [5, 5.41) is 5.25. The summed E-state index contributed by atoms with van der Waals surface area (Å²) in [5.74, 6) is 0.274. The molecule has 1 fully saturated rings. The number of hydrogen-bond donors (Lipinski definition) is 1. The molecule has 3 heterocycles. The number of piperidine rings is 1. The van der Waals surface area contributed by atoms with E-state index in [0.29, 0.717) is 17.3 Å². The highest BCUT2D eigenvalue weighted by Gasteiger charge is 2.21. The molecule has 2 aromatic heterocycles. The molecule has 2 aromatic carbocycles. The minimum absolute atomic E-state index is 0.0181. The minimum Gasteiger partial charge on any atom is -0.351 e. The molecule has 0 spiro atoms. The lowest BCUT2D eigenvalue weighted by Gasteiger charge is -2.32. The fraction of sp³-hybridized carbons (Fsp3) is 0.308. The first-order valence-electron chi connectivity index (χ1n) is 11.1. The van der Waals surface area contributed by atoms with Gasteiger partial charge in [0, 0.05) is 23.9 Å². The van der Waals surface area contributed by atoms with E-state index in [1.54, 1.807) is 12.1 Å². The molecule has 32 heavy (non-hydrogen) atoms. The second-order valence-corrected chi connectivity index (χ2v) is 9.78. The maximum atomic E-state index is 13.4. The zero-order valence-electron chi connectivity index (χ0n) is 18.1. The largest absolute Gasteiger partial charge is 0.351 e. The van der Waals surface area contributed by atoms with Gasteiger partial charge in [-0.25, -0.2) is 9.37 Å². The Hall–Kier alpha value is -2.83. The van der Waals surface area contributed by atoms with E-state index >= 15 is 0 Å². The van der Waals surface area contributed by atoms with Crippen LogP contribution in [-0.2, 0) is 6.54 Å². The SMILES string of the molecule is Cc1ccc2nc3sc(C(=O)NCC4CCN(Cc5cccc(F)c5)CC4)cc3cc2c1. The summed E-state index contributed by atoms with van der Waals surface area (Å²) in [6.45, 7) is 5.48. The molecule has 4 nitrogen and oxygen atoms in total. The molecule has 0 atom stereocenters. The molecular weight excluding hydrogens is 421 g/mol. The monoisotopic (exact) mass is 447 g/mol. The molecule has 6 heteroatoms. The van der Waals surface area contributed by atoms with Crippen LogP contribution in [-0.4, -0.2) is 35.4 Å². The van der Waals surface area contributed by atoms with Gasteiger partial charge in [-0.1, -0.05) is 23.8 Å². The van der Waals surface area contributed by atoms with E-state index in [4.69, 9.17) is 4.98 Å². The molecule has 1 N–H and O–H groups in total. The molecule has 0 unspecified atom stereocenters.